The fraction of sp³-hybridized carbons (Fsp3) is 0.286. The summed E-state index contributed by atoms with van der Waals surface area (Å²) in [6.07, 6.45) is 0.374. The third kappa shape index (κ3) is 5.33. The van der Waals surface area contributed by atoms with E-state index >= 15 is 0 Å². The molecule has 0 atom stereocenters. The van der Waals surface area contributed by atoms with Crippen LogP contribution in [0.15, 0.2) is 32.9 Å². The second-order valence-electron chi connectivity index (χ2n) is 4.14. The predicted octanol–water partition coefficient (Wildman–Crippen LogP) is 3.45. The van der Waals surface area contributed by atoms with Crippen LogP contribution in [0.1, 0.15) is 12.5 Å². The molecule has 0 aliphatic heterocycles. The molecule has 1 N–H and O–H groups in total. The van der Waals surface area contributed by atoms with E-state index in [1.54, 1.807) is 23.9 Å². The summed E-state index contributed by atoms with van der Waals surface area (Å²) < 4.78 is 1.73. The molecule has 2 rings (SSSR count). The number of nitrogens with one attached hydrogen (secondary N) is 1. The number of amides is 1. The molecule has 114 valence electrons. The third-order valence-electron chi connectivity index (χ3n) is 2.50. The summed E-state index contributed by atoms with van der Waals surface area (Å²) in [4.78, 5) is 11.9. The van der Waals surface area contributed by atoms with Crippen molar-refractivity contribution in [3.05, 3.63) is 29.8 Å². The fourth-order valence-corrected chi connectivity index (χ4v) is 4.28. The maximum absolute atomic E-state index is 11.9. The number of thioether (sulfide) groups is 2. The fourth-order valence-electron chi connectivity index (χ4n) is 1.56. The first-order chi connectivity index (χ1) is 10.7. The molecule has 0 fully saturated rings. The van der Waals surface area contributed by atoms with Crippen LogP contribution in [-0.4, -0.2) is 27.6 Å². The molecule has 22 heavy (non-hydrogen) atoms. The zero-order valence-corrected chi connectivity index (χ0v) is 14.4. The minimum absolute atomic E-state index is 0.0853. The van der Waals surface area contributed by atoms with Crippen molar-refractivity contribution in [3.63, 3.8) is 0 Å². The molecule has 1 aromatic carbocycles. The quantitative estimate of drug-likeness (QED) is 0.771. The third-order valence-corrected chi connectivity index (χ3v) is 5.58. The molecule has 5 nitrogen and oxygen atoms in total. The first-order valence-corrected chi connectivity index (χ1v) is 9.35. The van der Waals surface area contributed by atoms with Gasteiger partial charge in [-0.05, 0) is 23.4 Å². The van der Waals surface area contributed by atoms with Crippen LogP contribution < -0.4 is 5.32 Å². The second-order valence-corrected chi connectivity index (χ2v) is 7.85. The number of hydrogen-bond donors (Lipinski definition) is 1. The summed E-state index contributed by atoms with van der Waals surface area (Å²) in [6, 6.07) is 9.37. The van der Waals surface area contributed by atoms with Crippen molar-refractivity contribution < 1.29 is 4.79 Å². The molecule has 1 amide bonds. The number of carbonyl (C=O) groups is 1. The topological polar surface area (TPSA) is 78.7 Å². The number of hydrogen-bond acceptors (Lipinski definition) is 7. The molecule has 0 saturated heterocycles. The molecule has 0 spiro atoms. The van der Waals surface area contributed by atoms with E-state index in [1.807, 2.05) is 12.1 Å². The van der Waals surface area contributed by atoms with Crippen LogP contribution in [0.5, 0.6) is 0 Å². The van der Waals surface area contributed by atoms with Crippen molar-refractivity contribution >= 4 is 46.5 Å². The van der Waals surface area contributed by atoms with Gasteiger partial charge in [-0.2, -0.15) is 5.26 Å². The maximum atomic E-state index is 11.9. The minimum atomic E-state index is -0.0853. The van der Waals surface area contributed by atoms with E-state index in [2.05, 4.69) is 28.5 Å². The lowest BCUT2D eigenvalue weighted by Gasteiger charge is -2.04. The normalized spacial score (nSPS) is 10.2. The molecule has 2 aromatic rings. The zero-order valence-electron chi connectivity index (χ0n) is 11.9. The highest BCUT2D eigenvalue weighted by Gasteiger charge is 2.08. The van der Waals surface area contributed by atoms with Gasteiger partial charge in [0, 0.05) is 5.69 Å². The van der Waals surface area contributed by atoms with E-state index in [0.29, 0.717) is 12.2 Å². The summed E-state index contributed by atoms with van der Waals surface area (Å²) in [5, 5.41) is 19.5. The lowest BCUT2D eigenvalue weighted by Crippen LogP contribution is -2.13. The number of rotatable bonds is 7. The average molecular weight is 350 g/mol. The van der Waals surface area contributed by atoms with Gasteiger partial charge in [-0.1, -0.05) is 53.9 Å². The van der Waals surface area contributed by atoms with Gasteiger partial charge in [-0.25, -0.2) is 0 Å². The summed E-state index contributed by atoms with van der Waals surface area (Å²) in [7, 11) is 0. The van der Waals surface area contributed by atoms with Crippen LogP contribution in [-0.2, 0) is 11.2 Å². The Bertz CT molecular complexity index is 663. The van der Waals surface area contributed by atoms with E-state index in [1.165, 1.54) is 23.1 Å². The van der Waals surface area contributed by atoms with Gasteiger partial charge in [0.1, 0.15) is 0 Å². The van der Waals surface area contributed by atoms with Gasteiger partial charge >= 0.3 is 0 Å². The monoisotopic (exact) mass is 350 g/mol. The van der Waals surface area contributed by atoms with Crippen molar-refractivity contribution in [2.75, 3.05) is 16.8 Å². The zero-order chi connectivity index (χ0) is 15.8. The maximum Gasteiger partial charge on any atom is 0.234 e. The highest BCUT2D eigenvalue weighted by molar-refractivity contribution is 8.03. The Morgan fingerprint density at radius 3 is 2.59 bits per heavy atom. The van der Waals surface area contributed by atoms with Crippen LogP contribution in [0.4, 0.5) is 5.69 Å². The van der Waals surface area contributed by atoms with Crippen molar-refractivity contribution in [1.29, 1.82) is 5.26 Å². The molecule has 1 heterocycles. The van der Waals surface area contributed by atoms with Crippen LogP contribution in [0.3, 0.4) is 0 Å². The van der Waals surface area contributed by atoms with Crippen LogP contribution in [0, 0.1) is 11.3 Å². The van der Waals surface area contributed by atoms with Gasteiger partial charge in [0.15, 0.2) is 8.68 Å². The predicted molar refractivity (Wildman–Crippen MR) is 91.4 cm³/mol. The summed E-state index contributed by atoms with van der Waals surface area (Å²) in [5.41, 5.74) is 1.66. The smallest absolute Gasteiger partial charge is 0.234 e. The Kier molecular flexibility index (Phi) is 6.71. The first kappa shape index (κ1) is 16.8. The number of anilines is 1. The Balaban J connectivity index is 1.80. The molecule has 0 saturated carbocycles. The molecule has 0 bridgehead atoms. The first-order valence-electron chi connectivity index (χ1n) is 6.56. The average Bonchev–Trinajstić information content (AvgIpc) is 2.96. The Morgan fingerprint density at radius 2 is 1.95 bits per heavy atom. The summed E-state index contributed by atoms with van der Waals surface area (Å²) in [5.74, 6) is 1.17. The molecule has 0 radical (unpaired) electrons. The van der Waals surface area contributed by atoms with Crippen molar-refractivity contribution in [1.82, 2.24) is 10.2 Å². The van der Waals surface area contributed by atoms with E-state index < -0.39 is 0 Å². The van der Waals surface area contributed by atoms with Crippen LogP contribution in [0.25, 0.3) is 0 Å². The number of aromatic nitrogens is 2. The molecular weight excluding hydrogens is 336 g/mol. The number of carbonyl (C=O) groups excluding carboxylic acids is 1. The molecule has 0 unspecified atom stereocenters. The van der Waals surface area contributed by atoms with E-state index in [9.17, 15) is 4.79 Å². The van der Waals surface area contributed by atoms with Gasteiger partial charge in [0.05, 0.1) is 18.2 Å². The second kappa shape index (κ2) is 8.78. The summed E-state index contributed by atoms with van der Waals surface area (Å²) in [6.45, 7) is 2.06. The minimum Gasteiger partial charge on any atom is -0.325 e. The molecule has 1 aromatic heterocycles. The van der Waals surface area contributed by atoms with Gasteiger partial charge in [0.2, 0.25) is 5.91 Å². The van der Waals surface area contributed by atoms with E-state index in [4.69, 9.17) is 5.26 Å². The summed E-state index contributed by atoms with van der Waals surface area (Å²) >= 11 is 4.53. The van der Waals surface area contributed by atoms with Crippen LogP contribution in [0.2, 0.25) is 0 Å². The number of benzene rings is 1. The van der Waals surface area contributed by atoms with Gasteiger partial charge in [-0.15, -0.1) is 10.2 Å². The van der Waals surface area contributed by atoms with Gasteiger partial charge in [0.25, 0.3) is 0 Å². The van der Waals surface area contributed by atoms with Crippen molar-refractivity contribution in [2.45, 2.75) is 22.0 Å². The SMILES string of the molecule is CCSc1nnc(SCC(=O)Nc2ccc(CC#N)cc2)s1. The number of nitriles is 1. The van der Waals surface area contributed by atoms with Gasteiger partial charge < -0.3 is 5.32 Å². The Hall–Kier alpha value is -1.56. The van der Waals surface area contributed by atoms with Crippen molar-refractivity contribution in [3.8, 4) is 6.07 Å². The van der Waals surface area contributed by atoms with Crippen molar-refractivity contribution in [2.24, 2.45) is 0 Å². The lowest BCUT2D eigenvalue weighted by molar-refractivity contribution is -0.113. The largest absolute Gasteiger partial charge is 0.325 e. The van der Waals surface area contributed by atoms with E-state index in [0.717, 1.165) is 25.7 Å². The molecule has 0 aliphatic carbocycles. The van der Waals surface area contributed by atoms with E-state index in [-0.39, 0.29) is 5.91 Å². The standard InChI is InChI=1S/C14H14N4OS3/c1-2-20-13-17-18-14(22-13)21-9-12(19)16-11-5-3-10(4-6-11)7-8-15/h3-6H,2,7,9H2,1H3,(H,16,19). The molecular formula is C14H14N4OS3. The Morgan fingerprint density at radius 1 is 1.27 bits per heavy atom. The highest BCUT2D eigenvalue weighted by atomic mass is 32.2. The number of nitrogens with zero attached hydrogens (tertiary/aromatic N) is 3. The molecule has 8 heteroatoms. The lowest BCUT2D eigenvalue weighted by atomic mass is 10.1. The van der Waals surface area contributed by atoms with Gasteiger partial charge in [-0.3, -0.25) is 4.79 Å². The molecule has 0 aliphatic rings. The van der Waals surface area contributed by atoms with Crippen LogP contribution >= 0.6 is 34.9 Å². The Labute approximate surface area is 141 Å². The highest BCUT2D eigenvalue weighted by Crippen LogP contribution is 2.28.